The van der Waals surface area contributed by atoms with Gasteiger partial charge in [0.25, 0.3) is 0 Å². The van der Waals surface area contributed by atoms with Gasteiger partial charge in [0.2, 0.25) is 10.0 Å². The van der Waals surface area contributed by atoms with Crippen molar-refractivity contribution < 1.29 is 18.3 Å². The van der Waals surface area contributed by atoms with Gasteiger partial charge in [-0.05, 0) is 51.6 Å². The van der Waals surface area contributed by atoms with Gasteiger partial charge in [-0.3, -0.25) is 4.79 Å². The van der Waals surface area contributed by atoms with Gasteiger partial charge < -0.3 is 10.0 Å². The molecule has 2 saturated heterocycles. The summed E-state index contributed by atoms with van der Waals surface area (Å²) in [6, 6.07) is 0. The molecule has 0 spiro atoms. The van der Waals surface area contributed by atoms with Crippen molar-refractivity contribution in [3.8, 4) is 0 Å². The molecule has 0 aromatic carbocycles. The zero-order valence-electron chi connectivity index (χ0n) is 12.0. The normalized spacial score (nSPS) is 24.9. The molecule has 0 aliphatic carbocycles. The number of rotatable bonds is 5. The Labute approximate surface area is 120 Å². The van der Waals surface area contributed by atoms with Crippen LogP contribution in [0.5, 0.6) is 0 Å². The molecule has 2 fully saturated rings. The summed E-state index contributed by atoms with van der Waals surface area (Å²) in [5.41, 5.74) is 0. The number of carboxylic acid groups (broad SMARTS) is 1. The lowest BCUT2D eigenvalue weighted by Crippen LogP contribution is -2.46. The highest BCUT2D eigenvalue weighted by Gasteiger charge is 2.36. The number of likely N-dealkylation sites (tertiary alicyclic amines) is 1. The highest BCUT2D eigenvalue weighted by Crippen LogP contribution is 2.23. The fourth-order valence-electron chi connectivity index (χ4n) is 3.03. The number of piperidine rings is 1. The molecule has 1 N–H and O–H groups in total. The van der Waals surface area contributed by atoms with Crippen molar-refractivity contribution in [1.82, 2.24) is 9.21 Å². The predicted octanol–water partition coefficient (Wildman–Crippen LogP) is 0.597. The summed E-state index contributed by atoms with van der Waals surface area (Å²) in [7, 11) is -3.69. The van der Waals surface area contributed by atoms with E-state index in [9.17, 15) is 13.2 Å². The smallest absolute Gasteiger partial charge is 0.323 e. The van der Waals surface area contributed by atoms with Crippen molar-refractivity contribution in [2.45, 2.75) is 37.9 Å². The lowest BCUT2D eigenvalue weighted by atomic mass is 9.98. The summed E-state index contributed by atoms with van der Waals surface area (Å²) in [6.45, 7) is 5.54. The van der Waals surface area contributed by atoms with Crippen LogP contribution in [0.2, 0.25) is 0 Å². The lowest BCUT2D eigenvalue weighted by molar-refractivity contribution is -0.136. The van der Waals surface area contributed by atoms with E-state index < -0.39 is 21.2 Å². The Morgan fingerprint density at radius 3 is 2.25 bits per heavy atom. The first-order chi connectivity index (χ1) is 9.41. The number of nitrogens with zero attached hydrogens (tertiary/aromatic N) is 2. The maximum absolute atomic E-state index is 12.1. The minimum Gasteiger partial charge on any atom is -0.480 e. The summed E-state index contributed by atoms with van der Waals surface area (Å²) in [5, 5.41) is 7.53. The Bertz CT molecular complexity index is 437. The second-order valence-corrected chi connectivity index (χ2v) is 8.13. The van der Waals surface area contributed by atoms with Crippen LogP contribution in [-0.4, -0.2) is 66.7 Å². The van der Waals surface area contributed by atoms with Crippen LogP contribution in [0.15, 0.2) is 0 Å². The average molecular weight is 304 g/mol. The lowest BCUT2D eigenvalue weighted by Gasteiger charge is -2.33. The first-order valence-electron chi connectivity index (χ1n) is 7.35. The molecule has 2 aliphatic rings. The topological polar surface area (TPSA) is 77.9 Å². The van der Waals surface area contributed by atoms with Gasteiger partial charge in [0.1, 0.15) is 0 Å². The van der Waals surface area contributed by atoms with Crippen LogP contribution in [0.4, 0.5) is 0 Å². The van der Waals surface area contributed by atoms with Crippen LogP contribution in [0.3, 0.4) is 0 Å². The third kappa shape index (κ3) is 3.51. The molecule has 0 radical (unpaired) electrons. The molecule has 20 heavy (non-hydrogen) atoms. The van der Waals surface area contributed by atoms with Gasteiger partial charge in [-0.2, -0.15) is 0 Å². The molecule has 1 unspecified atom stereocenters. The van der Waals surface area contributed by atoms with E-state index in [-0.39, 0.29) is 0 Å². The summed E-state index contributed by atoms with van der Waals surface area (Å²) < 4.78 is 25.6. The third-order valence-electron chi connectivity index (χ3n) is 4.44. The molecule has 116 valence electrons. The molecule has 7 heteroatoms. The van der Waals surface area contributed by atoms with Crippen molar-refractivity contribution >= 4 is 16.0 Å². The molecule has 2 rings (SSSR count). The van der Waals surface area contributed by atoms with Crippen molar-refractivity contribution in [3.63, 3.8) is 0 Å². The van der Waals surface area contributed by atoms with Gasteiger partial charge in [0.15, 0.2) is 5.25 Å². The molecule has 1 atom stereocenters. The quantitative estimate of drug-likeness (QED) is 0.804. The molecule has 2 aliphatic heterocycles. The van der Waals surface area contributed by atoms with Gasteiger partial charge in [-0.25, -0.2) is 12.7 Å². The molecule has 0 saturated carbocycles. The summed E-state index contributed by atoms with van der Waals surface area (Å²) in [4.78, 5) is 13.3. The van der Waals surface area contributed by atoms with Crippen LogP contribution in [0.1, 0.15) is 32.6 Å². The largest absolute Gasteiger partial charge is 0.480 e. The number of carboxylic acids is 1. The average Bonchev–Trinajstić information content (AvgIpc) is 2.91. The zero-order valence-corrected chi connectivity index (χ0v) is 12.8. The number of carbonyl (C=O) groups is 1. The minimum atomic E-state index is -3.69. The van der Waals surface area contributed by atoms with E-state index in [0.717, 1.165) is 32.5 Å². The van der Waals surface area contributed by atoms with E-state index in [1.807, 2.05) is 0 Å². The SMILES string of the molecule is CC(C(=O)O)S(=O)(=O)N1CCC(CN2CCCC2)CC1. The second-order valence-electron chi connectivity index (χ2n) is 5.88. The summed E-state index contributed by atoms with van der Waals surface area (Å²) in [6.07, 6.45) is 4.21. The van der Waals surface area contributed by atoms with Gasteiger partial charge in [-0.15, -0.1) is 0 Å². The predicted molar refractivity (Wildman–Crippen MR) is 76.0 cm³/mol. The van der Waals surface area contributed by atoms with Crippen LogP contribution in [0, 0.1) is 5.92 Å². The molecule has 0 bridgehead atoms. The van der Waals surface area contributed by atoms with E-state index in [0.29, 0.717) is 19.0 Å². The Morgan fingerprint density at radius 2 is 1.75 bits per heavy atom. The van der Waals surface area contributed by atoms with E-state index in [1.165, 1.54) is 24.1 Å². The monoisotopic (exact) mass is 304 g/mol. The highest BCUT2D eigenvalue weighted by atomic mass is 32.2. The van der Waals surface area contributed by atoms with Crippen molar-refractivity contribution in [3.05, 3.63) is 0 Å². The molecular weight excluding hydrogens is 280 g/mol. The highest BCUT2D eigenvalue weighted by molar-refractivity contribution is 7.90. The molecular formula is C13H24N2O4S. The zero-order chi connectivity index (χ0) is 14.8. The summed E-state index contributed by atoms with van der Waals surface area (Å²) in [5.74, 6) is -0.733. The van der Waals surface area contributed by atoms with Crippen LogP contribution in [0.25, 0.3) is 0 Å². The standard InChI is InChI=1S/C13H24N2O4S/c1-11(13(16)17)20(18,19)15-8-4-12(5-9-15)10-14-6-2-3-7-14/h11-12H,2-10H2,1H3,(H,16,17). The Morgan fingerprint density at radius 1 is 1.20 bits per heavy atom. The van der Waals surface area contributed by atoms with Gasteiger partial charge >= 0.3 is 5.97 Å². The van der Waals surface area contributed by atoms with Crippen LogP contribution in [-0.2, 0) is 14.8 Å². The molecule has 0 aromatic rings. The van der Waals surface area contributed by atoms with Crippen molar-refractivity contribution in [2.75, 3.05) is 32.7 Å². The second kappa shape index (κ2) is 6.41. The van der Waals surface area contributed by atoms with Crippen molar-refractivity contribution in [2.24, 2.45) is 5.92 Å². The molecule has 0 aromatic heterocycles. The van der Waals surface area contributed by atoms with Crippen LogP contribution < -0.4 is 0 Å². The first-order valence-corrected chi connectivity index (χ1v) is 8.85. The van der Waals surface area contributed by atoms with E-state index in [4.69, 9.17) is 5.11 Å². The fraction of sp³-hybridized carbons (Fsp3) is 0.923. The Balaban J connectivity index is 1.85. The van der Waals surface area contributed by atoms with E-state index in [1.54, 1.807) is 0 Å². The summed E-state index contributed by atoms with van der Waals surface area (Å²) >= 11 is 0. The maximum atomic E-state index is 12.1. The maximum Gasteiger partial charge on any atom is 0.323 e. The van der Waals surface area contributed by atoms with Crippen molar-refractivity contribution in [1.29, 1.82) is 0 Å². The molecule has 0 amide bonds. The number of hydrogen-bond acceptors (Lipinski definition) is 4. The Kier molecular flexibility index (Phi) is 5.04. The third-order valence-corrected chi connectivity index (χ3v) is 6.62. The Hall–Kier alpha value is -0.660. The van der Waals surface area contributed by atoms with Gasteiger partial charge in [0.05, 0.1) is 0 Å². The van der Waals surface area contributed by atoms with Gasteiger partial charge in [-0.1, -0.05) is 0 Å². The van der Waals surface area contributed by atoms with Crippen LogP contribution >= 0.6 is 0 Å². The van der Waals surface area contributed by atoms with E-state index in [2.05, 4.69) is 4.90 Å². The minimum absolute atomic E-state index is 0.457. The first kappa shape index (κ1) is 15.7. The fourth-order valence-corrected chi connectivity index (χ4v) is 4.45. The van der Waals surface area contributed by atoms with E-state index >= 15 is 0 Å². The number of hydrogen-bond donors (Lipinski definition) is 1. The van der Waals surface area contributed by atoms with Gasteiger partial charge in [0, 0.05) is 19.6 Å². The number of sulfonamides is 1. The molecule has 2 heterocycles. The molecule has 6 nitrogen and oxygen atoms in total. The number of aliphatic carboxylic acids is 1.